The lowest BCUT2D eigenvalue weighted by atomic mass is 10.2. The summed E-state index contributed by atoms with van der Waals surface area (Å²) < 4.78 is 14.6. The summed E-state index contributed by atoms with van der Waals surface area (Å²) in [5.41, 5.74) is 2.58. The first kappa shape index (κ1) is 13.2. The highest BCUT2D eigenvalue weighted by molar-refractivity contribution is 6.05. The molecule has 106 valence electrons. The maximum absolute atomic E-state index is 12.8. The van der Waals surface area contributed by atoms with Gasteiger partial charge in [0.25, 0.3) is 5.91 Å². The van der Waals surface area contributed by atoms with Gasteiger partial charge in [0.1, 0.15) is 11.3 Å². The van der Waals surface area contributed by atoms with Crippen LogP contribution in [-0.2, 0) is 6.54 Å². The highest BCUT2D eigenvalue weighted by atomic mass is 19.1. The Hall–Kier alpha value is -2.76. The number of nitrogens with one attached hydrogen (secondary N) is 1. The molecule has 2 aromatic carbocycles. The number of fused-ring (bicyclic) bond motifs is 1. The van der Waals surface area contributed by atoms with Crippen molar-refractivity contribution in [1.29, 1.82) is 0 Å². The van der Waals surface area contributed by atoms with Gasteiger partial charge in [0, 0.05) is 17.8 Å². The average molecular weight is 284 g/mol. The second kappa shape index (κ2) is 5.32. The Kier molecular flexibility index (Phi) is 3.35. The van der Waals surface area contributed by atoms with E-state index in [4.69, 9.17) is 0 Å². The number of nitrogens with zero attached hydrogens (tertiary/aromatic N) is 3. The maximum atomic E-state index is 12.8. The van der Waals surface area contributed by atoms with Crippen molar-refractivity contribution in [2.24, 2.45) is 0 Å². The van der Waals surface area contributed by atoms with Gasteiger partial charge in [-0.15, -0.1) is 5.10 Å². The summed E-state index contributed by atoms with van der Waals surface area (Å²) in [6.45, 7) is 2.70. The number of benzene rings is 2. The Balaban J connectivity index is 1.85. The summed E-state index contributed by atoms with van der Waals surface area (Å²) in [4.78, 5) is 12.2. The van der Waals surface area contributed by atoms with Crippen LogP contribution < -0.4 is 5.32 Å². The van der Waals surface area contributed by atoms with Crippen molar-refractivity contribution in [2.45, 2.75) is 13.5 Å². The zero-order valence-corrected chi connectivity index (χ0v) is 11.4. The molecule has 0 radical (unpaired) electrons. The number of aromatic nitrogens is 3. The molecule has 6 heteroatoms. The van der Waals surface area contributed by atoms with Crippen molar-refractivity contribution in [2.75, 3.05) is 5.32 Å². The van der Waals surface area contributed by atoms with Gasteiger partial charge >= 0.3 is 0 Å². The first-order valence-electron chi connectivity index (χ1n) is 6.57. The van der Waals surface area contributed by atoms with Crippen molar-refractivity contribution < 1.29 is 9.18 Å². The van der Waals surface area contributed by atoms with Crippen LogP contribution in [-0.4, -0.2) is 20.9 Å². The predicted octanol–water partition coefficient (Wildman–Crippen LogP) is 2.84. The van der Waals surface area contributed by atoms with Gasteiger partial charge in [0.05, 0.1) is 5.52 Å². The molecule has 3 rings (SSSR count). The summed E-state index contributed by atoms with van der Waals surface area (Å²) in [5.74, 6) is -0.611. The standard InChI is InChI=1S/C15H13FN4O/c1-2-20-14-8-3-10(9-13(14)18-19-20)15(21)17-12-6-4-11(16)5-7-12/h3-9H,2H2,1H3,(H,17,21). The summed E-state index contributed by atoms with van der Waals surface area (Å²) in [6, 6.07) is 10.8. The van der Waals surface area contributed by atoms with Crippen LogP contribution in [0.2, 0.25) is 0 Å². The van der Waals surface area contributed by atoms with Crippen LogP contribution in [0.25, 0.3) is 11.0 Å². The zero-order chi connectivity index (χ0) is 14.8. The molecular formula is C15H13FN4O. The molecule has 1 aromatic heterocycles. The van der Waals surface area contributed by atoms with Gasteiger partial charge in [0.2, 0.25) is 0 Å². The first-order valence-corrected chi connectivity index (χ1v) is 6.57. The fraction of sp³-hybridized carbons (Fsp3) is 0.133. The van der Waals surface area contributed by atoms with E-state index in [0.717, 1.165) is 12.1 Å². The molecule has 0 saturated heterocycles. The number of hydrogen-bond acceptors (Lipinski definition) is 3. The number of aryl methyl sites for hydroxylation is 1. The lowest BCUT2D eigenvalue weighted by Gasteiger charge is -2.05. The summed E-state index contributed by atoms with van der Waals surface area (Å²) >= 11 is 0. The minimum absolute atomic E-state index is 0.269. The lowest BCUT2D eigenvalue weighted by molar-refractivity contribution is 0.102. The zero-order valence-electron chi connectivity index (χ0n) is 11.4. The molecule has 0 fully saturated rings. The second-order valence-electron chi connectivity index (χ2n) is 4.57. The molecule has 0 spiro atoms. The molecule has 0 bridgehead atoms. The Morgan fingerprint density at radius 2 is 2.00 bits per heavy atom. The number of carbonyl (C=O) groups excluding carboxylic acids is 1. The largest absolute Gasteiger partial charge is 0.322 e. The van der Waals surface area contributed by atoms with Crippen molar-refractivity contribution in [3.63, 3.8) is 0 Å². The highest BCUT2D eigenvalue weighted by Gasteiger charge is 2.10. The van der Waals surface area contributed by atoms with E-state index < -0.39 is 0 Å². The number of hydrogen-bond donors (Lipinski definition) is 1. The number of rotatable bonds is 3. The highest BCUT2D eigenvalue weighted by Crippen LogP contribution is 2.15. The molecule has 0 aliphatic carbocycles. The minimum Gasteiger partial charge on any atom is -0.322 e. The quantitative estimate of drug-likeness (QED) is 0.804. The maximum Gasteiger partial charge on any atom is 0.255 e. The third-order valence-corrected chi connectivity index (χ3v) is 3.18. The molecule has 0 saturated carbocycles. The molecular weight excluding hydrogens is 271 g/mol. The van der Waals surface area contributed by atoms with Crippen molar-refractivity contribution in [3.8, 4) is 0 Å². The Morgan fingerprint density at radius 3 is 2.71 bits per heavy atom. The van der Waals surface area contributed by atoms with Crippen LogP contribution in [0.4, 0.5) is 10.1 Å². The lowest BCUT2D eigenvalue weighted by Crippen LogP contribution is -2.11. The number of anilines is 1. The van der Waals surface area contributed by atoms with Crippen molar-refractivity contribution in [3.05, 3.63) is 53.8 Å². The minimum atomic E-state index is -0.342. The van der Waals surface area contributed by atoms with Crippen LogP contribution in [0.3, 0.4) is 0 Å². The van der Waals surface area contributed by atoms with Gasteiger partial charge in [-0.05, 0) is 49.4 Å². The van der Waals surface area contributed by atoms with E-state index in [1.54, 1.807) is 16.8 Å². The van der Waals surface area contributed by atoms with Gasteiger partial charge in [-0.1, -0.05) is 5.21 Å². The van der Waals surface area contributed by atoms with E-state index in [-0.39, 0.29) is 11.7 Å². The number of amides is 1. The van der Waals surface area contributed by atoms with E-state index in [2.05, 4.69) is 15.6 Å². The number of carbonyl (C=O) groups is 1. The fourth-order valence-corrected chi connectivity index (χ4v) is 2.08. The van der Waals surface area contributed by atoms with Crippen LogP contribution >= 0.6 is 0 Å². The Bertz CT molecular complexity index is 795. The topological polar surface area (TPSA) is 59.8 Å². The van der Waals surface area contributed by atoms with Gasteiger partial charge in [-0.3, -0.25) is 4.79 Å². The third-order valence-electron chi connectivity index (χ3n) is 3.18. The predicted molar refractivity (Wildman–Crippen MR) is 77.6 cm³/mol. The third kappa shape index (κ3) is 2.60. The molecule has 1 heterocycles. The second-order valence-corrected chi connectivity index (χ2v) is 4.57. The molecule has 21 heavy (non-hydrogen) atoms. The van der Waals surface area contributed by atoms with Gasteiger partial charge in [-0.25, -0.2) is 9.07 Å². The molecule has 5 nitrogen and oxygen atoms in total. The summed E-state index contributed by atoms with van der Waals surface area (Å²) in [7, 11) is 0. The normalized spacial score (nSPS) is 10.8. The smallest absolute Gasteiger partial charge is 0.255 e. The molecule has 0 aliphatic rings. The number of halogens is 1. The molecule has 3 aromatic rings. The summed E-state index contributed by atoms with van der Waals surface area (Å²) in [5, 5.41) is 10.7. The van der Waals surface area contributed by atoms with E-state index in [1.165, 1.54) is 24.3 Å². The van der Waals surface area contributed by atoms with Gasteiger partial charge in [-0.2, -0.15) is 0 Å². The first-order chi connectivity index (χ1) is 10.2. The van der Waals surface area contributed by atoms with E-state index in [0.29, 0.717) is 16.8 Å². The van der Waals surface area contributed by atoms with Crippen molar-refractivity contribution >= 4 is 22.6 Å². The Morgan fingerprint density at radius 1 is 1.24 bits per heavy atom. The van der Waals surface area contributed by atoms with Crippen molar-refractivity contribution in [1.82, 2.24) is 15.0 Å². The molecule has 1 amide bonds. The monoisotopic (exact) mass is 284 g/mol. The van der Waals surface area contributed by atoms with Gasteiger partial charge in [0.15, 0.2) is 0 Å². The Labute approximate surface area is 120 Å². The van der Waals surface area contributed by atoms with Crippen LogP contribution in [0.5, 0.6) is 0 Å². The summed E-state index contributed by atoms with van der Waals surface area (Å²) in [6.07, 6.45) is 0. The van der Waals surface area contributed by atoms with Crippen LogP contribution in [0.15, 0.2) is 42.5 Å². The average Bonchev–Trinajstić information content (AvgIpc) is 2.91. The SMILES string of the molecule is CCn1nnc2cc(C(=O)Nc3ccc(F)cc3)ccc21. The van der Waals surface area contributed by atoms with E-state index in [9.17, 15) is 9.18 Å². The van der Waals surface area contributed by atoms with Crippen LogP contribution in [0.1, 0.15) is 17.3 Å². The van der Waals surface area contributed by atoms with Crippen LogP contribution in [0, 0.1) is 5.82 Å². The van der Waals surface area contributed by atoms with Gasteiger partial charge < -0.3 is 5.32 Å². The fourth-order valence-electron chi connectivity index (χ4n) is 2.08. The molecule has 0 atom stereocenters. The molecule has 0 unspecified atom stereocenters. The van der Waals surface area contributed by atoms with E-state index in [1.807, 2.05) is 13.0 Å². The molecule has 0 aliphatic heterocycles. The molecule has 1 N–H and O–H groups in total. The van der Waals surface area contributed by atoms with E-state index >= 15 is 0 Å².